The van der Waals surface area contributed by atoms with Crippen molar-refractivity contribution in [3.05, 3.63) is 0 Å². The van der Waals surface area contributed by atoms with Gasteiger partial charge in [0, 0.05) is 18.8 Å². The Balaban J connectivity index is 4.42. The predicted octanol–water partition coefficient (Wildman–Crippen LogP) is 0.508. The number of sulfone groups is 1. The highest BCUT2D eigenvalue weighted by molar-refractivity contribution is 7.92. The first-order valence-electron chi connectivity index (χ1n) is 5.15. The van der Waals surface area contributed by atoms with Crippen LogP contribution in [0.2, 0.25) is 0 Å². The third kappa shape index (κ3) is 4.09. The molecule has 0 spiro atoms. The molecule has 0 aromatic rings. The van der Waals surface area contributed by atoms with Crippen molar-refractivity contribution in [1.29, 1.82) is 0 Å². The van der Waals surface area contributed by atoms with Gasteiger partial charge in [-0.1, -0.05) is 6.92 Å². The summed E-state index contributed by atoms with van der Waals surface area (Å²) in [5, 5.41) is 11.7. The van der Waals surface area contributed by atoms with Gasteiger partial charge in [-0.05, 0) is 20.8 Å². The number of aliphatic carboxylic acids is 1. The maximum atomic E-state index is 11.4. The Labute approximate surface area is 97.2 Å². The van der Waals surface area contributed by atoms with Crippen LogP contribution in [-0.2, 0) is 14.6 Å². The molecule has 0 aromatic carbocycles. The Kier molecular flexibility index (Phi) is 4.94. The lowest BCUT2D eigenvalue weighted by molar-refractivity contribution is -0.141. The van der Waals surface area contributed by atoms with E-state index in [1.54, 1.807) is 27.7 Å². The lowest BCUT2D eigenvalue weighted by atomic mass is 10.0. The Morgan fingerprint density at radius 1 is 1.38 bits per heavy atom. The standard InChI is InChI=1S/C10H21NO4S/c1-7(9(12)13)8(2)11-6-10(3,4)16(5,14)15/h7-8,11H,6H2,1-5H3,(H,12,13). The van der Waals surface area contributed by atoms with Crippen molar-refractivity contribution >= 4 is 15.8 Å². The first-order valence-corrected chi connectivity index (χ1v) is 7.04. The maximum absolute atomic E-state index is 11.4. The summed E-state index contributed by atoms with van der Waals surface area (Å²) in [7, 11) is -3.15. The van der Waals surface area contributed by atoms with Gasteiger partial charge >= 0.3 is 5.97 Å². The fraction of sp³-hybridized carbons (Fsp3) is 0.900. The second-order valence-corrected chi connectivity index (χ2v) is 7.48. The van der Waals surface area contributed by atoms with Crippen molar-refractivity contribution in [2.45, 2.75) is 38.5 Å². The van der Waals surface area contributed by atoms with Crippen LogP contribution in [0.5, 0.6) is 0 Å². The normalized spacial score (nSPS) is 16.8. The zero-order valence-electron chi connectivity index (χ0n) is 10.4. The highest BCUT2D eigenvalue weighted by Crippen LogP contribution is 2.14. The summed E-state index contributed by atoms with van der Waals surface area (Å²) in [5.41, 5.74) is 0. The number of nitrogens with one attached hydrogen (secondary N) is 1. The van der Waals surface area contributed by atoms with Crippen molar-refractivity contribution in [3.63, 3.8) is 0 Å². The second-order valence-electron chi connectivity index (χ2n) is 4.83. The largest absolute Gasteiger partial charge is 0.481 e. The topological polar surface area (TPSA) is 83.5 Å². The molecule has 2 N–H and O–H groups in total. The summed E-state index contributed by atoms with van der Waals surface area (Å²) in [6.45, 7) is 6.80. The van der Waals surface area contributed by atoms with Crippen LogP contribution in [0, 0.1) is 5.92 Å². The number of hydrogen-bond donors (Lipinski definition) is 2. The fourth-order valence-electron chi connectivity index (χ4n) is 0.929. The summed E-state index contributed by atoms with van der Waals surface area (Å²) >= 11 is 0. The Morgan fingerprint density at radius 3 is 2.12 bits per heavy atom. The minimum absolute atomic E-state index is 0.241. The molecule has 0 aliphatic carbocycles. The van der Waals surface area contributed by atoms with Gasteiger partial charge in [0.2, 0.25) is 0 Å². The van der Waals surface area contributed by atoms with Crippen LogP contribution in [0.25, 0.3) is 0 Å². The van der Waals surface area contributed by atoms with Gasteiger partial charge in [-0.25, -0.2) is 8.42 Å². The molecule has 0 saturated heterocycles. The second kappa shape index (κ2) is 5.14. The number of carboxylic acids is 1. The van der Waals surface area contributed by atoms with E-state index >= 15 is 0 Å². The molecule has 0 bridgehead atoms. The molecule has 5 nitrogen and oxygen atoms in total. The molecule has 16 heavy (non-hydrogen) atoms. The van der Waals surface area contributed by atoms with Crippen molar-refractivity contribution in [3.8, 4) is 0 Å². The molecule has 0 fully saturated rings. The van der Waals surface area contributed by atoms with Crippen LogP contribution < -0.4 is 5.32 Å². The molecule has 0 heterocycles. The lowest BCUT2D eigenvalue weighted by Gasteiger charge is -2.26. The number of carbonyl (C=O) groups is 1. The molecule has 0 aliphatic rings. The smallest absolute Gasteiger partial charge is 0.307 e. The SMILES string of the molecule is CC(NCC(C)(C)S(C)(=O)=O)C(C)C(=O)O. The van der Waals surface area contributed by atoms with Crippen molar-refractivity contribution < 1.29 is 18.3 Å². The minimum Gasteiger partial charge on any atom is -0.481 e. The molecular weight excluding hydrogens is 230 g/mol. The molecule has 2 atom stereocenters. The first-order chi connectivity index (χ1) is 6.99. The zero-order chi connectivity index (χ0) is 13.1. The molecule has 0 saturated carbocycles. The number of hydrogen-bond acceptors (Lipinski definition) is 4. The van der Waals surface area contributed by atoms with Gasteiger partial charge in [0.15, 0.2) is 9.84 Å². The van der Waals surface area contributed by atoms with Crippen LogP contribution in [0.1, 0.15) is 27.7 Å². The monoisotopic (exact) mass is 251 g/mol. The van der Waals surface area contributed by atoms with Gasteiger partial charge < -0.3 is 10.4 Å². The molecule has 0 aromatic heterocycles. The van der Waals surface area contributed by atoms with E-state index in [1.807, 2.05) is 0 Å². The highest BCUT2D eigenvalue weighted by atomic mass is 32.2. The van der Waals surface area contributed by atoms with E-state index in [1.165, 1.54) is 6.26 Å². The lowest BCUT2D eigenvalue weighted by Crippen LogP contribution is -2.47. The summed E-state index contributed by atoms with van der Waals surface area (Å²) in [6, 6.07) is -0.265. The predicted molar refractivity (Wildman–Crippen MR) is 63.2 cm³/mol. The van der Waals surface area contributed by atoms with Gasteiger partial charge in [-0.3, -0.25) is 4.79 Å². The van der Waals surface area contributed by atoms with E-state index in [-0.39, 0.29) is 12.6 Å². The van der Waals surface area contributed by atoms with Crippen molar-refractivity contribution in [2.75, 3.05) is 12.8 Å². The number of rotatable bonds is 6. The zero-order valence-corrected chi connectivity index (χ0v) is 11.3. The van der Waals surface area contributed by atoms with Crippen LogP contribution in [0.15, 0.2) is 0 Å². The van der Waals surface area contributed by atoms with E-state index in [4.69, 9.17) is 5.11 Å². The van der Waals surface area contributed by atoms with Gasteiger partial charge in [0.25, 0.3) is 0 Å². The van der Waals surface area contributed by atoms with E-state index in [9.17, 15) is 13.2 Å². The summed E-state index contributed by atoms with van der Waals surface area (Å²) in [6.07, 6.45) is 1.18. The molecule has 0 amide bonds. The Bertz CT molecular complexity index is 348. The third-order valence-electron chi connectivity index (χ3n) is 2.99. The molecule has 96 valence electrons. The van der Waals surface area contributed by atoms with E-state index in [0.717, 1.165) is 0 Å². The van der Waals surface area contributed by atoms with Crippen LogP contribution in [0.4, 0.5) is 0 Å². The fourth-order valence-corrected chi connectivity index (χ4v) is 1.27. The maximum Gasteiger partial charge on any atom is 0.307 e. The van der Waals surface area contributed by atoms with Crippen molar-refractivity contribution in [1.82, 2.24) is 5.32 Å². The van der Waals surface area contributed by atoms with Gasteiger partial charge in [-0.15, -0.1) is 0 Å². The highest BCUT2D eigenvalue weighted by Gasteiger charge is 2.31. The molecule has 2 unspecified atom stereocenters. The molecule has 0 aliphatic heterocycles. The van der Waals surface area contributed by atoms with Gasteiger partial charge in [0.05, 0.1) is 10.7 Å². The average Bonchev–Trinajstić information content (AvgIpc) is 2.11. The molecule has 0 rings (SSSR count). The first kappa shape index (κ1) is 15.4. The quantitative estimate of drug-likeness (QED) is 0.718. The van der Waals surface area contributed by atoms with E-state index in [2.05, 4.69) is 5.32 Å². The van der Waals surface area contributed by atoms with Crippen LogP contribution >= 0.6 is 0 Å². The summed E-state index contributed by atoms with van der Waals surface area (Å²) < 4.78 is 21.9. The molecule has 0 radical (unpaired) electrons. The minimum atomic E-state index is -3.15. The Hall–Kier alpha value is -0.620. The average molecular weight is 251 g/mol. The number of carboxylic acid groups (broad SMARTS) is 1. The van der Waals surface area contributed by atoms with Crippen LogP contribution in [-0.4, -0.2) is 43.1 Å². The van der Waals surface area contributed by atoms with Gasteiger partial charge in [-0.2, -0.15) is 0 Å². The molecular formula is C10H21NO4S. The third-order valence-corrected chi connectivity index (χ3v) is 5.14. The van der Waals surface area contributed by atoms with Gasteiger partial charge in [0.1, 0.15) is 0 Å². The summed E-state index contributed by atoms with van der Waals surface area (Å²) in [5.74, 6) is -1.44. The summed E-state index contributed by atoms with van der Waals surface area (Å²) in [4.78, 5) is 10.7. The van der Waals surface area contributed by atoms with E-state index < -0.39 is 26.5 Å². The van der Waals surface area contributed by atoms with E-state index in [0.29, 0.717) is 0 Å². The van der Waals surface area contributed by atoms with Crippen LogP contribution in [0.3, 0.4) is 0 Å². The Morgan fingerprint density at radius 2 is 1.81 bits per heavy atom. The molecule has 6 heteroatoms. The van der Waals surface area contributed by atoms with Crippen molar-refractivity contribution in [2.24, 2.45) is 5.92 Å².